The first kappa shape index (κ1) is 21.5. The van der Waals surface area contributed by atoms with Crippen LogP contribution in [0, 0.1) is 0 Å². The Morgan fingerprint density at radius 2 is 1.63 bits per heavy atom. The van der Waals surface area contributed by atoms with Gasteiger partial charge in [0.1, 0.15) is 5.75 Å². The van der Waals surface area contributed by atoms with Crippen LogP contribution < -0.4 is 15.4 Å². The van der Waals surface area contributed by atoms with Crippen molar-refractivity contribution in [2.45, 2.75) is 18.2 Å². The summed E-state index contributed by atoms with van der Waals surface area (Å²) >= 11 is 1.41. The van der Waals surface area contributed by atoms with Crippen molar-refractivity contribution < 1.29 is 14.3 Å². The second kappa shape index (κ2) is 11.1. The number of rotatable bonds is 9. The van der Waals surface area contributed by atoms with Crippen molar-refractivity contribution in [1.82, 2.24) is 0 Å². The van der Waals surface area contributed by atoms with E-state index in [2.05, 4.69) is 10.6 Å². The van der Waals surface area contributed by atoms with Gasteiger partial charge < -0.3 is 15.4 Å². The van der Waals surface area contributed by atoms with Crippen molar-refractivity contribution in [2.75, 3.05) is 23.0 Å². The summed E-state index contributed by atoms with van der Waals surface area (Å²) in [6.07, 6.45) is 0.319. The second-order valence-corrected chi connectivity index (χ2v) is 7.55. The number of thioether (sulfide) groups is 1. The highest BCUT2D eigenvalue weighted by Crippen LogP contribution is 2.25. The molecule has 5 nitrogen and oxygen atoms in total. The van der Waals surface area contributed by atoms with Gasteiger partial charge in [0.05, 0.1) is 24.5 Å². The average molecular weight is 421 g/mol. The fourth-order valence-corrected chi connectivity index (χ4v) is 3.59. The Morgan fingerprint density at radius 3 is 2.43 bits per heavy atom. The number of ether oxygens (including phenoxy) is 1. The summed E-state index contributed by atoms with van der Waals surface area (Å²) in [5.74, 6) is 0.711. The molecule has 0 atom stereocenters. The quantitative estimate of drug-likeness (QED) is 0.478. The van der Waals surface area contributed by atoms with Crippen molar-refractivity contribution in [3.63, 3.8) is 0 Å². The third-order valence-corrected chi connectivity index (χ3v) is 5.15. The zero-order valence-corrected chi connectivity index (χ0v) is 17.6. The molecule has 0 radical (unpaired) electrons. The summed E-state index contributed by atoms with van der Waals surface area (Å²) in [4.78, 5) is 25.5. The van der Waals surface area contributed by atoms with E-state index in [0.717, 1.165) is 10.5 Å². The maximum Gasteiger partial charge on any atom is 0.234 e. The van der Waals surface area contributed by atoms with Gasteiger partial charge in [-0.05, 0) is 42.8 Å². The fraction of sp³-hybridized carbons (Fsp3) is 0.167. The molecule has 3 rings (SSSR count). The molecule has 6 heteroatoms. The minimum atomic E-state index is -0.120. The molecule has 3 aromatic rings. The molecular weight excluding hydrogens is 396 g/mol. The molecule has 154 valence electrons. The lowest BCUT2D eigenvalue weighted by Gasteiger charge is -2.11. The van der Waals surface area contributed by atoms with Crippen molar-refractivity contribution >= 4 is 35.0 Å². The van der Waals surface area contributed by atoms with Crippen molar-refractivity contribution in [1.29, 1.82) is 0 Å². The summed E-state index contributed by atoms with van der Waals surface area (Å²) < 4.78 is 5.53. The maximum atomic E-state index is 12.4. The minimum absolute atomic E-state index is 0.0753. The largest absolute Gasteiger partial charge is 0.492 e. The predicted octanol–water partition coefficient (Wildman–Crippen LogP) is 5.00. The Kier molecular flexibility index (Phi) is 7.92. The fourth-order valence-electron chi connectivity index (χ4n) is 2.84. The van der Waals surface area contributed by atoms with E-state index >= 15 is 0 Å². The highest BCUT2D eigenvalue weighted by molar-refractivity contribution is 8.00. The van der Waals surface area contributed by atoms with Gasteiger partial charge in [-0.15, -0.1) is 11.8 Å². The number of benzene rings is 3. The van der Waals surface area contributed by atoms with E-state index in [0.29, 0.717) is 30.2 Å². The number of para-hydroxylation sites is 2. The van der Waals surface area contributed by atoms with Crippen molar-refractivity contribution in [3.05, 3.63) is 84.4 Å². The van der Waals surface area contributed by atoms with E-state index in [4.69, 9.17) is 4.74 Å². The lowest BCUT2D eigenvalue weighted by molar-refractivity contribution is -0.115. The summed E-state index contributed by atoms with van der Waals surface area (Å²) in [6, 6.07) is 24.5. The predicted molar refractivity (Wildman–Crippen MR) is 122 cm³/mol. The summed E-state index contributed by atoms with van der Waals surface area (Å²) in [6.45, 7) is 2.44. The molecule has 2 amide bonds. The molecule has 0 bridgehead atoms. The molecule has 3 aromatic carbocycles. The summed E-state index contributed by atoms with van der Waals surface area (Å²) in [7, 11) is 0. The van der Waals surface area contributed by atoms with E-state index in [1.807, 2.05) is 85.8 Å². The van der Waals surface area contributed by atoms with Gasteiger partial charge >= 0.3 is 0 Å². The highest BCUT2D eigenvalue weighted by Gasteiger charge is 2.09. The molecule has 30 heavy (non-hydrogen) atoms. The van der Waals surface area contributed by atoms with E-state index in [9.17, 15) is 9.59 Å². The van der Waals surface area contributed by atoms with E-state index in [-0.39, 0.29) is 17.6 Å². The van der Waals surface area contributed by atoms with Crippen LogP contribution >= 0.6 is 11.8 Å². The van der Waals surface area contributed by atoms with Crippen LogP contribution in [0.1, 0.15) is 12.5 Å². The highest BCUT2D eigenvalue weighted by atomic mass is 32.2. The Bertz CT molecular complexity index is 993. The molecule has 0 heterocycles. The molecule has 0 saturated carbocycles. The van der Waals surface area contributed by atoms with Crippen LogP contribution in [0.4, 0.5) is 11.4 Å². The van der Waals surface area contributed by atoms with Gasteiger partial charge in [0.15, 0.2) is 0 Å². The normalized spacial score (nSPS) is 10.3. The lowest BCUT2D eigenvalue weighted by Crippen LogP contribution is -2.15. The molecule has 0 aromatic heterocycles. The Morgan fingerprint density at radius 1 is 0.867 bits per heavy atom. The Hall–Kier alpha value is -3.25. The standard InChI is InChI=1S/C24H24N2O3S/c1-2-29-22-14-7-6-13-21(22)26-24(28)17-30-20-12-8-11-19(16-20)25-23(27)15-18-9-4-3-5-10-18/h3-14,16H,2,15,17H2,1H3,(H,25,27)(H,26,28). The monoisotopic (exact) mass is 420 g/mol. The number of anilines is 2. The number of hydrogen-bond donors (Lipinski definition) is 2. The van der Waals surface area contributed by atoms with E-state index in [1.165, 1.54) is 11.8 Å². The van der Waals surface area contributed by atoms with Crippen LogP contribution in [0.15, 0.2) is 83.8 Å². The maximum absolute atomic E-state index is 12.4. The van der Waals surface area contributed by atoms with Crippen LogP contribution in [-0.4, -0.2) is 24.2 Å². The van der Waals surface area contributed by atoms with Gasteiger partial charge in [-0.1, -0.05) is 48.5 Å². The van der Waals surface area contributed by atoms with Crippen LogP contribution in [0.2, 0.25) is 0 Å². The third kappa shape index (κ3) is 6.67. The van der Waals surface area contributed by atoms with Crippen LogP contribution in [0.5, 0.6) is 5.75 Å². The molecule has 0 fully saturated rings. The zero-order chi connectivity index (χ0) is 21.2. The zero-order valence-electron chi connectivity index (χ0n) is 16.8. The number of amides is 2. The summed E-state index contributed by atoms with van der Waals surface area (Å²) in [5, 5.41) is 5.80. The van der Waals surface area contributed by atoms with Crippen molar-refractivity contribution in [3.8, 4) is 5.75 Å². The third-order valence-electron chi connectivity index (χ3n) is 4.16. The van der Waals surface area contributed by atoms with Gasteiger partial charge in [0.2, 0.25) is 11.8 Å². The van der Waals surface area contributed by atoms with Crippen LogP contribution in [0.25, 0.3) is 0 Å². The van der Waals surface area contributed by atoms with E-state index < -0.39 is 0 Å². The van der Waals surface area contributed by atoms with Crippen LogP contribution in [0.3, 0.4) is 0 Å². The minimum Gasteiger partial charge on any atom is -0.492 e. The van der Waals surface area contributed by atoms with Gasteiger partial charge in [0.25, 0.3) is 0 Å². The average Bonchev–Trinajstić information content (AvgIpc) is 2.75. The molecule has 2 N–H and O–H groups in total. The van der Waals surface area contributed by atoms with Gasteiger partial charge in [-0.2, -0.15) is 0 Å². The first-order valence-corrected chi connectivity index (χ1v) is 10.7. The van der Waals surface area contributed by atoms with Crippen LogP contribution in [-0.2, 0) is 16.0 Å². The number of carbonyl (C=O) groups excluding carboxylic acids is 2. The molecule has 0 unspecified atom stereocenters. The Balaban J connectivity index is 1.52. The van der Waals surface area contributed by atoms with Gasteiger partial charge in [-0.25, -0.2) is 0 Å². The number of carbonyl (C=O) groups is 2. The molecule has 0 aliphatic carbocycles. The van der Waals surface area contributed by atoms with Gasteiger partial charge in [0, 0.05) is 10.6 Å². The lowest BCUT2D eigenvalue weighted by atomic mass is 10.1. The Labute approximate surface area is 180 Å². The second-order valence-electron chi connectivity index (χ2n) is 6.50. The smallest absolute Gasteiger partial charge is 0.234 e. The number of nitrogens with one attached hydrogen (secondary N) is 2. The van der Waals surface area contributed by atoms with Crippen molar-refractivity contribution in [2.24, 2.45) is 0 Å². The topological polar surface area (TPSA) is 67.4 Å². The first-order valence-electron chi connectivity index (χ1n) is 9.72. The number of hydrogen-bond acceptors (Lipinski definition) is 4. The van der Waals surface area contributed by atoms with E-state index in [1.54, 1.807) is 0 Å². The molecule has 0 spiro atoms. The molecular formula is C24H24N2O3S. The summed E-state index contributed by atoms with van der Waals surface area (Å²) in [5.41, 5.74) is 2.33. The molecule has 0 aliphatic rings. The molecule has 0 aliphatic heterocycles. The SMILES string of the molecule is CCOc1ccccc1NC(=O)CSc1cccc(NC(=O)Cc2ccccc2)c1. The first-order chi connectivity index (χ1) is 14.6. The van der Waals surface area contributed by atoms with Gasteiger partial charge in [-0.3, -0.25) is 9.59 Å². The molecule has 0 saturated heterocycles.